The fourth-order valence-electron chi connectivity index (χ4n) is 4.69. The number of aliphatic hydroxyl groups is 1. The van der Waals surface area contributed by atoms with Gasteiger partial charge in [-0.05, 0) is 80.0 Å². The standard InChI is InChI=1S/C32H45F2N3O4/c1-6-11-37(12-7-2)32(41)25-14-22(5)13-24(19-25)31(40)36-28(18-23-16-26(33)20-27(34)17-23)29(38)9-10-35-30(39)15-21(4)8-3/h13-14,16-17,19-21,28-29,38H,6-12,15,18H2,1-5H3,(H,35,39)(H,36,40)/t21?,28-,29+/m0/s1. The summed E-state index contributed by atoms with van der Waals surface area (Å²) in [6.07, 6.45) is 1.82. The van der Waals surface area contributed by atoms with E-state index < -0.39 is 29.7 Å². The molecule has 0 aliphatic carbocycles. The third-order valence-electron chi connectivity index (χ3n) is 7.01. The zero-order valence-electron chi connectivity index (χ0n) is 24.9. The molecule has 0 aliphatic heterocycles. The van der Waals surface area contributed by atoms with Gasteiger partial charge in [0.25, 0.3) is 11.8 Å². The minimum absolute atomic E-state index is 0.0409. The molecule has 2 aromatic carbocycles. The highest BCUT2D eigenvalue weighted by molar-refractivity contribution is 6.00. The summed E-state index contributed by atoms with van der Waals surface area (Å²) >= 11 is 0. The molecule has 0 aliphatic rings. The van der Waals surface area contributed by atoms with Crippen LogP contribution in [0.1, 0.15) is 91.6 Å². The van der Waals surface area contributed by atoms with Crippen molar-refractivity contribution in [2.75, 3.05) is 19.6 Å². The molecule has 0 saturated carbocycles. The highest BCUT2D eigenvalue weighted by atomic mass is 19.1. The van der Waals surface area contributed by atoms with Gasteiger partial charge in [-0.3, -0.25) is 14.4 Å². The Morgan fingerprint density at radius 2 is 1.54 bits per heavy atom. The van der Waals surface area contributed by atoms with E-state index in [9.17, 15) is 28.3 Å². The summed E-state index contributed by atoms with van der Waals surface area (Å²) in [5.41, 5.74) is 1.63. The molecule has 0 fully saturated rings. The van der Waals surface area contributed by atoms with Gasteiger partial charge >= 0.3 is 0 Å². The molecule has 0 radical (unpaired) electrons. The quantitative estimate of drug-likeness (QED) is 0.258. The molecule has 0 spiro atoms. The van der Waals surface area contributed by atoms with Crippen molar-refractivity contribution in [2.24, 2.45) is 5.92 Å². The molecule has 1 unspecified atom stereocenters. The predicted octanol–water partition coefficient (Wildman–Crippen LogP) is 5.18. The van der Waals surface area contributed by atoms with Crippen molar-refractivity contribution in [1.29, 1.82) is 0 Å². The molecular weight excluding hydrogens is 528 g/mol. The molecule has 0 heterocycles. The van der Waals surface area contributed by atoms with E-state index in [1.54, 1.807) is 24.0 Å². The van der Waals surface area contributed by atoms with Crippen LogP contribution >= 0.6 is 0 Å². The van der Waals surface area contributed by atoms with Crippen LogP contribution in [0.15, 0.2) is 36.4 Å². The van der Waals surface area contributed by atoms with E-state index in [4.69, 9.17) is 0 Å². The first-order valence-electron chi connectivity index (χ1n) is 14.6. The van der Waals surface area contributed by atoms with Gasteiger partial charge in [0.1, 0.15) is 11.6 Å². The lowest BCUT2D eigenvalue weighted by Gasteiger charge is -2.25. The van der Waals surface area contributed by atoms with Crippen molar-refractivity contribution in [2.45, 2.75) is 85.3 Å². The topological polar surface area (TPSA) is 98.7 Å². The van der Waals surface area contributed by atoms with Crippen LogP contribution in [-0.4, -0.2) is 59.5 Å². The minimum Gasteiger partial charge on any atom is -0.391 e. The summed E-state index contributed by atoms with van der Waals surface area (Å²) in [7, 11) is 0. The van der Waals surface area contributed by atoms with Crippen LogP contribution in [0.25, 0.3) is 0 Å². The number of aryl methyl sites for hydroxylation is 1. The molecule has 7 nitrogen and oxygen atoms in total. The fourth-order valence-corrected chi connectivity index (χ4v) is 4.69. The normalized spacial score (nSPS) is 13.3. The number of rotatable bonds is 16. The molecular formula is C32H45F2N3O4. The number of nitrogens with zero attached hydrogens (tertiary/aromatic N) is 1. The van der Waals surface area contributed by atoms with E-state index in [0.717, 1.165) is 43.0 Å². The summed E-state index contributed by atoms with van der Waals surface area (Å²) in [5, 5.41) is 16.6. The molecule has 3 amide bonds. The maximum Gasteiger partial charge on any atom is 0.253 e. The smallest absolute Gasteiger partial charge is 0.253 e. The molecule has 0 saturated heterocycles. The van der Waals surface area contributed by atoms with Crippen molar-refractivity contribution >= 4 is 17.7 Å². The first kappa shape index (κ1) is 33.9. The van der Waals surface area contributed by atoms with Crippen LogP contribution in [0.3, 0.4) is 0 Å². The number of carbonyl (C=O) groups is 3. The molecule has 226 valence electrons. The molecule has 41 heavy (non-hydrogen) atoms. The second-order valence-corrected chi connectivity index (χ2v) is 10.9. The second-order valence-electron chi connectivity index (χ2n) is 10.9. The number of aliphatic hydroxyl groups excluding tert-OH is 1. The number of hydrogen-bond donors (Lipinski definition) is 3. The van der Waals surface area contributed by atoms with E-state index in [1.165, 1.54) is 6.07 Å². The van der Waals surface area contributed by atoms with Crippen LogP contribution < -0.4 is 10.6 Å². The second kappa shape index (κ2) is 16.8. The first-order chi connectivity index (χ1) is 19.5. The number of halogens is 2. The minimum atomic E-state index is -1.12. The van der Waals surface area contributed by atoms with Crippen LogP contribution in [0.2, 0.25) is 0 Å². The van der Waals surface area contributed by atoms with Gasteiger partial charge in [-0.25, -0.2) is 8.78 Å². The monoisotopic (exact) mass is 573 g/mol. The van der Waals surface area contributed by atoms with E-state index >= 15 is 0 Å². The zero-order valence-corrected chi connectivity index (χ0v) is 24.9. The number of hydrogen-bond acceptors (Lipinski definition) is 4. The lowest BCUT2D eigenvalue weighted by molar-refractivity contribution is -0.122. The Hall–Kier alpha value is -3.33. The fraction of sp³-hybridized carbons (Fsp3) is 0.531. The summed E-state index contributed by atoms with van der Waals surface area (Å²) < 4.78 is 27.8. The van der Waals surface area contributed by atoms with Gasteiger partial charge in [-0.15, -0.1) is 0 Å². The summed E-state index contributed by atoms with van der Waals surface area (Å²) in [5.74, 6) is -2.10. The molecule has 2 aromatic rings. The Kier molecular flexibility index (Phi) is 13.9. The largest absolute Gasteiger partial charge is 0.391 e. The van der Waals surface area contributed by atoms with Gasteiger partial charge in [-0.2, -0.15) is 0 Å². The van der Waals surface area contributed by atoms with Crippen LogP contribution in [0.5, 0.6) is 0 Å². The Bertz CT molecular complexity index is 1150. The van der Waals surface area contributed by atoms with Gasteiger partial charge in [0.15, 0.2) is 0 Å². The average Bonchev–Trinajstić information content (AvgIpc) is 2.91. The number of nitrogens with one attached hydrogen (secondary N) is 2. The van der Waals surface area contributed by atoms with E-state index in [-0.39, 0.29) is 48.2 Å². The number of amides is 3. The van der Waals surface area contributed by atoms with Gasteiger partial charge in [0, 0.05) is 43.2 Å². The van der Waals surface area contributed by atoms with Crippen LogP contribution in [0, 0.1) is 24.5 Å². The summed E-state index contributed by atoms with van der Waals surface area (Å²) in [6, 6.07) is 7.07. The number of carbonyl (C=O) groups excluding carboxylic acids is 3. The maximum atomic E-state index is 13.9. The number of benzene rings is 2. The Morgan fingerprint density at radius 1 is 0.927 bits per heavy atom. The van der Waals surface area contributed by atoms with Crippen molar-refractivity contribution < 1.29 is 28.3 Å². The first-order valence-corrected chi connectivity index (χ1v) is 14.6. The van der Waals surface area contributed by atoms with Crippen LogP contribution in [0.4, 0.5) is 8.78 Å². The Balaban J connectivity index is 2.25. The van der Waals surface area contributed by atoms with Crippen molar-refractivity contribution in [1.82, 2.24) is 15.5 Å². The lowest BCUT2D eigenvalue weighted by atomic mass is 9.97. The molecule has 0 bridgehead atoms. The molecule has 3 atom stereocenters. The zero-order chi connectivity index (χ0) is 30.5. The van der Waals surface area contributed by atoms with Crippen molar-refractivity contribution in [3.05, 3.63) is 70.3 Å². The van der Waals surface area contributed by atoms with E-state index in [1.807, 2.05) is 27.7 Å². The Morgan fingerprint density at radius 3 is 2.12 bits per heavy atom. The van der Waals surface area contributed by atoms with Gasteiger partial charge < -0.3 is 20.6 Å². The van der Waals surface area contributed by atoms with Crippen molar-refractivity contribution in [3.63, 3.8) is 0 Å². The highest BCUT2D eigenvalue weighted by Gasteiger charge is 2.24. The Labute approximate surface area is 242 Å². The van der Waals surface area contributed by atoms with E-state index in [2.05, 4.69) is 10.6 Å². The third-order valence-corrected chi connectivity index (χ3v) is 7.01. The predicted molar refractivity (Wildman–Crippen MR) is 157 cm³/mol. The lowest BCUT2D eigenvalue weighted by Crippen LogP contribution is -2.46. The average molecular weight is 574 g/mol. The highest BCUT2D eigenvalue weighted by Crippen LogP contribution is 2.17. The van der Waals surface area contributed by atoms with Crippen molar-refractivity contribution in [3.8, 4) is 0 Å². The van der Waals surface area contributed by atoms with E-state index in [0.29, 0.717) is 25.1 Å². The van der Waals surface area contributed by atoms with Gasteiger partial charge in [0.05, 0.1) is 12.1 Å². The summed E-state index contributed by atoms with van der Waals surface area (Å²) in [6.45, 7) is 11.2. The molecule has 9 heteroatoms. The SMILES string of the molecule is CCCN(CCC)C(=O)c1cc(C)cc(C(=O)N[C@@H](Cc2cc(F)cc(F)c2)[C@H](O)CCNC(=O)CC(C)CC)c1. The molecule has 2 rings (SSSR count). The summed E-state index contributed by atoms with van der Waals surface area (Å²) in [4.78, 5) is 40.5. The van der Waals surface area contributed by atoms with Gasteiger partial charge in [0.2, 0.25) is 5.91 Å². The molecule has 3 N–H and O–H groups in total. The third kappa shape index (κ3) is 11.2. The maximum absolute atomic E-state index is 13.9. The van der Waals surface area contributed by atoms with Crippen LogP contribution in [-0.2, 0) is 11.2 Å². The van der Waals surface area contributed by atoms with Gasteiger partial charge in [-0.1, -0.05) is 34.1 Å². The molecule has 0 aromatic heterocycles.